The second kappa shape index (κ2) is 8.76. The molecule has 2 aromatic heterocycles. The van der Waals surface area contributed by atoms with Crippen LogP contribution in [0.15, 0.2) is 6.20 Å². The number of carbonyl (C=O) groups is 3. The maximum absolute atomic E-state index is 12.3. The van der Waals surface area contributed by atoms with E-state index in [4.69, 9.17) is 4.74 Å². The normalized spacial score (nSPS) is 10.7. The van der Waals surface area contributed by atoms with Gasteiger partial charge in [-0.3, -0.25) is 14.3 Å². The van der Waals surface area contributed by atoms with Crippen molar-refractivity contribution in [1.29, 1.82) is 0 Å². The van der Waals surface area contributed by atoms with E-state index in [1.54, 1.807) is 24.7 Å². The van der Waals surface area contributed by atoms with Gasteiger partial charge in [0, 0.05) is 12.1 Å². The van der Waals surface area contributed by atoms with Crippen molar-refractivity contribution >= 4 is 56.6 Å². The highest BCUT2D eigenvalue weighted by Gasteiger charge is 2.25. The van der Waals surface area contributed by atoms with Crippen LogP contribution in [0.5, 0.6) is 0 Å². The lowest BCUT2D eigenvalue weighted by Crippen LogP contribution is -2.17. The highest BCUT2D eigenvalue weighted by atomic mass is 127. The first-order valence-electron chi connectivity index (χ1n) is 8.05. The number of Topliss-reactive ketones (excluding diaryl/α,β-unsaturated/α-hetero) is 1. The van der Waals surface area contributed by atoms with Gasteiger partial charge in [-0.15, -0.1) is 11.3 Å². The van der Waals surface area contributed by atoms with Crippen LogP contribution in [0.1, 0.15) is 51.6 Å². The van der Waals surface area contributed by atoms with Gasteiger partial charge >= 0.3 is 5.97 Å². The maximum Gasteiger partial charge on any atom is 0.341 e. The molecule has 2 heterocycles. The molecule has 0 atom stereocenters. The number of amides is 1. The minimum absolute atomic E-state index is 0.153. The number of ether oxygens (including phenoxy) is 1. The molecule has 0 bridgehead atoms. The van der Waals surface area contributed by atoms with Gasteiger partial charge in [0.25, 0.3) is 0 Å². The Morgan fingerprint density at radius 2 is 2.04 bits per heavy atom. The molecule has 140 valence electrons. The molecule has 26 heavy (non-hydrogen) atoms. The van der Waals surface area contributed by atoms with Crippen LogP contribution < -0.4 is 5.32 Å². The summed E-state index contributed by atoms with van der Waals surface area (Å²) in [6.45, 7) is 7.41. The van der Waals surface area contributed by atoms with E-state index in [1.807, 2.05) is 6.92 Å². The Morgan fingerprint density at radius 1 is 1.35 bits per heavy atom. The van der Waals surface area contributed by atoms with Crippen molar-refractivity contribution in [1.82, 2.24) is 9.78 Å². The Morgan fingerprint density at radius 3 is 2.58 bits per heavy atom. The van der Waals surface area contributed by atoms with Crippen LogP contribution in [0.2, 0.25) is 0 Å². The SMILES string of the molecule is CCOC(=O)c1c(NC(=O)CCn2ncc(I)c2C)sc(C(C)=O)c1C. The van der Waals surface area contributed by atoms with Gasteiger partial charge < -0.3 is 10.1 Å². The second-order valence-electron chi connectivity index (χ2n) is 5.64. The predicted molar refractivity (Wildman–Crippen MR) is 108 cm³/mol. The first-order valence-corrected chi connectivity index (χ1v) is 9.95. The fraction of sp³-hybridized carbons (Fsp3) is 0.412. The Hall–Kier alpha value is -1.75. The summed E-state index contributed by atoms with van der Waals surface area (Å²) >= 11 is 3.29. The topological polar surface area (TPSA) is 90.3 Å². The van der Waals surface area contributed by atoms with Crippen LogP contribution in [0.3, 0.4) is 0 Å². The highest BCUT2D eigenvalue weighted by Crippen LogP contribution is 2.34. The number of nitrogens with one attached hydrogen (secondary N) is 1. The van der Waals surface area contributed by atoms with E-state index in [9.17, 15) is 14.4 Å². The molecule has 7 nitrogen and oxygen atoms in total. The van der Waals surface area contributed by atoms with Gasteiger partial charge in [0.2, 0.25) is 5.91 Å². The lowest BCUT2D eigenvalue weighted by atomic mass is 10.1. The van der Waals surface area contributed by atoms with Crippen LogP contribution in [0, 0.1) is 17.4 Å². The third-order valence-corrected chi connectivity index (χ3v) is 6.16. The molecule has 0 saturated carbocycles. The third-order valence-electron chi connectivity index (χ3n) is 3.79. The molecule has 0 aliphatic carbocycles. The summed E-state index contributed by atoms with van der Waals surface area (Å²) in [5.41, 5.74) is 1.78. The maximum atomic E-state index is 12.3. The lowest BCUT2D eigenvalue weighted by molar-refractivity contribution is -0.116. The van der Waals surface area contributed by atoms with Gasteiger partial charge in [-0.1, -0.05) is 0 Å². The van der Waals surface area contributed by atoms with Gasteiger partial charge in [-0.05, 0) is 55.8 Å². The molecule has 0 aliphatic rings. The number of hydrogen-bond acceptors (Lipinski definition) is 6. The minimum atomic E-state index is -0.540. The van der Waals surface area contributed by atoms with Crippen LogP contribution in [-0.4, -0.2) is 34.0 Å². The number of aromatic nitrogens is 2. The molecule has 0 saturated heterocycles. The van der Waals surface area contributed by atoms with E-state index in [2.05, 4.69) is 33.0 Å². The molecule has 2 aromatic rings. The molecule has 9 heteroatoms. The summed E-state index contributed by atoms with van der Waals surface area (Å²) in [6, 6.07) is 0. The Bertz CT molecular complexity index is 857. The van der Waals surface area contributed by atoms with Crippen molar-refractivity contribution in [2.75, 3.05) is 11.9 Å². The molecule has 0 aromatic carbocycles. The summed E-state index contributed by atoms with van der Waals surface area (Å²) in [5, 5.41) is 7.31. The van der Waals surface area contributed by atoms with E-state index in [0.29, 0.717) is 22.0 Å². The fourth-order valence-electron chi connectivity index (χ4n) is 2.43. The van der Waals surface area contributed by atoms with Crippen molar-refractivity contribution in [3.05, 3.63) is 31.5 Å². The zero-order valence-electron chi connectivity index (χ0n) is 15.0. The fourth-order valence-corrected chi connectivity index (χ4v) is 3.94. The van der Waals surface area contributed by atoms with Gasteiger partial charge in [0.05, 0.1) is 33.4 Å². The minimum Gasteiger partial charge on any atom is -0.462 e. The largest absolute Gasteiger partial charge is 0.462 e. The first-order chi connectivity index (χ1) is 12.3. The molecule has 0 unspecified atom stereocenters. The van der Waals surface area contributed by atoms with Crippen LogP contribution in [-0.2, 0) is 16.1 Å². The molecular weight excluding hydrogens is 469 g/mol. The van der Waals surface area contributed by atoms with Crippen LogP contribution >= 0.6 is 33.9 Å². The molecule has 1 N–H and O–H groups in total. The summed E-state index contributed by atoms with van der Waals surface area (Å²) < 4.78 is 7.86. The van der Waals surface area contributed by atoms with Crippen molar-refractivity contribution in [2.24, 2.45) is 0 Å². The second-order valence-corrected chi connectivity index (χ2v) is 7.82. The Labute approximate surface area is 169 Å². The monoisotopic (exact) mass is 489 g/mol. The average Bonchev–Trinajstić information content (AvgIpc) is 3.06. The van der Waals surface area contributed by atoms with E-state index in [0.717, 1.165) is 20.6 Å². The Balaban J connectivity index is 2.17. The Kier molecular flexibility index (Phi) is 6.93. The van der Waals surface area contributed by atoms with Crippen LogP contribution in [0.4, 0.5) is 5.00 Å². The summed E-state index contributed by atoms with van der Waals surface area (Å²) in [6.07, 6.45) is 1.95. The van der Waals surface area contributed by atoms with Gasteiger partial charge in [0.1, 0.15) is 5.00 Å². The summed E-state index contributed by atoms with van der Waals surface area (Å²) in [7, 11) is 0. The zero-order valence-corrected chi connectivity index (χ0v) is 18.0. The van der Waals surface area contributed by atoms with Crippen molar-refractivity contribution in [3.8, 4) is 0 Å². The number of hydrogen-bond donors (Lipinski definition) is 1. The number of thiophene rings is 1. The molecule has 0 radical (unpaired) electrons. The molecule has 0 aliphatic heterocycles. The number of rotatable bonds is 7. The zero-order chi connectivity index (χ0) is 19.4. The van der Waals surface area contributed by atoms with Gasteiger partial charge in [0.15, 0.2) is 5.78 Å². The number of halogens is 1. The van der Waals surface area contributed by atoms with E-state index >= 15 is 0 Å². The highest BCUT2D eigenvalue weighted by molar-refractivity contribution is 14.1. The van der Waals surface area contributed by atoms with E-state index in [-0.39, 0.29) is 30.3 Å². The standard InChI is InChI=1S/C17H20IN3O4S/c1-5-25-17(24)14-9(2)15(11(4)22)26-16(14)20-13(23)6-7-21-10(3)12(18)8-19-21/h8H,5-7H2,1-4H3,(H,20,23). The number of aryl methyl sites for hydroxylation is 1. The van der Waals surface area contributed by atoms with Crippen molar-refractivity contribution < 1.29 is 19.1 Å². The predicted octanol–water partition coefficient (Wildman–Crippen LogP) is 3.57. The van der Waals surface area contributed by atoms with Crippen molar-refractivity contribution in [2.45, 2.75) is 40.7 Å². The molecule has 0 fully saturated rings. The molecule has 0 spiro atoms. The number of nitrogens with zero attached hydrogens (tertiary/aromatic N) is 2. The summed E-state index contributed by atoms with van der Waals surface area (Å²) in [4.78, 5) is 36.8. The first kappa shape index (κ1) is 20.6. The van der Waals surface area contributed by atoms with Gasteiger partial charge in [-0.2, -0.15) is 5.10 Å². The van der Waals surface area contributed by atoms with Gasteiger partial charge in [-0.25, -0.2) is 4.79 Å². The molecule has 2 rings (SSSR count). The quantitative estimate of drug-likeness (QED) is 0.365. The lowest BCUT2D eigenvalue weighted by Gasteiger charge is -2.08. The smallest absolute Gasteiger partial charge is 0.341 e. The summed E-state index contributed by atoms with van der Waals surface area (Å²) in [5.74, 6) is -0.946. The molecular formula is C17H20IN3O4S. The van der Waals surface area contributed by atoms with E-state index < -0.39 is 5.97 Å². The average molecular weight is 489 g/mol. The number of carbonyl (C=O) groups excluding carboxylic acids is 3. The molecule has 1 amide bonds. The van der Waals surface area contributed by atoms with E-state index in [1.165, 1.54) is 6.92 Å². The number of ketones is 1. The third kappa shape index (κ3) is 4.50. The van der Waals surface area contributed by atoms with Crippen molar-refractivity contribution in [3.63, 3.8) is 0 Å². The number of anilines is 1. The van der Waals surface area contributed by atoms with Crippen LogP contribution in [0.25, 0.3) is 0 Å². The number of esters is 1.